The maximum absolute atomic E-state index is 13.7. The molecule has 0 bridgehead atoms. The average Bonchev–Trinajstić information content (AvgIpc) is 3.49. The highest BCUT2D eigenvalue weighted by Gasteiger charge is 2.27. The molecule has 4 rings (SSSR count). The van der Waals surface area contributed by atoms with Gasteiger partial charge in [0.15, 0.2) is 5.13 Å². The fourth-order valence-electron chi connectivity index (χ4n) is 4.05. The second-order valence-electron chi connectivity index (χ2n) is 8.25. The summed E-state index contributed by atoms with van der Waals surface area (Å²) >= 11 is 1.57. The number of ether oxygens (including phenoxy) is 2. The topological polar surface area (TPSA) is 51.7 Å². The molecule has 0 N–H and O–H groups in total. The maximum Gasteiger partial charge on any atom is 0.260 e. The van der Waals surface area contributed by atoms with E-state index in [4.69, 9.17) is 14.5 Å². The van der Waals surface area contributed by atoms with E-state index in [-0.39, 0.29) is 12.0 Å². The Labute approximate surface area is 194 Å². The minimum absolute atomic E-state index is 0.0464. The standard InChI is InChI=1S/C26H32N2O3S/c1-3-5-6-15-30-21-12-7-11-20(17-21)25(29)28(18-22-13-9-16-31-22)26-27-24-19(4-2)10-8-14-23(24)32-26/h7-8,10-12,14,17,22H,3-6,9,13,15-16,18H2,1-2H3. The van der Waals surface area contributed by atoms with Gasteiger partial charge in [-0.25, -0.2) is 4.98 Å². The molecule has 0 aliphatic carbocycles. The highest BCUT2D eigenvalue weighted by molar-refractivity contribution is 7.22. The second kappa shape index (κ2) is 10.9. The summed E-state index contributed by atoms with van der Waals surface area (Å²) < 4.78 is 12.9. The van der Waals surface area contributed by atoms with Crippen LogP contribution < -0.4 is 9.64 Å². The van der Waals surface area contributed by atoms with Gasteiger partial charge in [0.25, 0.3) is 5.91 Å². The van der Waals surface area contributed by atoms with Gasteiger partial charge in [-0.3, -0.25) is 9.69 Å². The predicted molar refractivity (Wildman–Crippen MR) is 131 cm³/mol. The number of carbonyl (C=O) groups excluding carboxylic acids is 1. The third kappa shape index (κ3) is 5.30. The van der Waals surface area contributed by atoms with Gasteiger partial charge >= 0.3 is 0 Å². The Hall–Kier alpha value is -2.44. The van der Waals surface area contributed by atoms with E-state index < -0.39 is 0 Å². The number of hydrogen-bond donors (Lipinski definition) is 0. The molecule has 170 valence electrons. The molecule has 2 aromatic carbocycles. The first-order chi connectivity index (χ1) is 15.7. The minimum atomic E-state index is -0.0587. The molecule has 6 heteroatoms. The molecule has 32 heavy (non-hydrogen) atoms. The zero-order valence-electron chi connectivity index (χ0n) is 19.0. The molecule has 1 atom stereocenters. The fraction of sp³-hybridized carbons (Fsp3) is 0.462. The molecular formula is C26H32N2O3S. The van der Waals surface area contributed by atoms with Crippen LogP contribution >= 0.6 is 11.3 Å². The quantitative estimate of drug-likeness (QED) is 0.341. The molecular weight excluding hydrogens is 420 g/mol. The first-order valence-electron chi connectivity index (χ1n) is 11.7. The maximum atomic E-state index is 13.7. The van der Waals surface area contributed by atoms with E-state index in [1.54, 1.807) is 16.2 Å². The summed E-state index contributed by atoms with van der Waals surface area (Å²) in [5.74, 6) is 0.679. The number of thiazole rings is 1. The van der Waals surface area contributed by atoms with Crippen LogP contribution in [0.15, 0.2) is 42.5 Å². The van der Waals surface area contributed by atoms with Gasteiger partial charge in [-0.05, 0) is 55.5 Å². The lowest BCUT2D eigenvalue weighted by molar-refractivity contribution is 0.0917. The molecule has 1 saturated heterocycles. The number of aromatic nitrogens is 1. The number of para-hydroxylation sites is 1. The molecule has 1 fully saturated rings. The van der Waals surface area contributed by atoms with Crippen LogP contribution in [-0.2, 0) is 11.2 Å². The Balaban J connectivity index is 1.61. The van der Waals surface area contributed by atoms with E-state index in [1.165, 1.54) is 5.56 Å². The van der Waals surface area contributed by atoms with E-state index in [0.717, 1.165) is 66.2 Å². The van der Waals surface area contributed by atoms with Crippen molar-refractivity contribution in [3.8, 4) is 5.75 Å². The predicted octanol–water partition coefficient (Wildman–Crippen LogP) is 6.25. The summed E-state index contributed by atoms with van der Waals surface area (Å²) in [4.78, 5) is 20.4. The van der Waals surface area contributed by atoms with Gasteiger partial charge in [0.2, 0.25) is 0 Å². The third-order valence-corrected chi connectivity index (χ3v) is 6.90. The van der Waals surface area contributed by atoms with E-state index in [2.05, 4.69) is 32.0 Å². The molecule has 1 aliphatic heterocycles. The number of amides is 1. The van der Waals surface area contributed by atoms with Crippen molar-refractivity contribution in [1.82, 2.24) is 4.98 Å². The first-order valence-corrected chi connectivity index (χ1v) is 12.6. The van der Waals surface area contributed by atoms with Crippen LogP contribution in [0.3, 0.4) is 0 Å². The molecule has 0 radical (unpaired) electrons. The summed E-state index contributed by atoms with van der Waals surface area (Å²) in [6.07, 6.45) is 6.28. The van der Waals surface area contributed by atoms with Crippen molar-refractivity contribution in [2.75, 3.05) is 24.7 Å². The Morgan fingerprint density at radius 3 is 2.88 bits per heavy atom. The molecule has 0 spiro atoms. The van der Waals surface area contributed by atoms with Crippen molar-refractivity contribution < 1.29 is 14.3 Å². The number of nitrogens with zero attached hydrogens (tertiary/aromatic N) is 2. The lowest BCUT2D eigenvalue weighted by Crippen LogP contribution is -2.37. The number of unbranched alkanes of at least 4 members (excludes halogenated alkanes) is 2. The Kier molecular flexibility index (Phi) is 7.76. The van der Waals surface area contributed by atoms with Gasteiger partial charge < -0.3 is 9.47 Å². The van der Waals surface area contributed by atoms with Crippen LogP contribution in [0.1, 0.15) is 61.9 Å². The minimum Gasteiger partial charge on any atom is -0.494 e. The summed E-state index contributed by atoms with van der Waals surface area (Å²) in [7, 11) is 0. The van der Waals surface area contributed by atoms with Crippen molar-refractivity contribution in [3.05, 3.63) is 53.6 Å². The summed E-state index contributed by atoms with van der Waals surface area (Å²) in [6, 6.07) is 13.8. The van der Waals surface area contributed by atoms with Crippen LogP contribution in [0.2, 0.25) is 0 Å². The van der Waals surface area contributed by atoms with E-state index in [9.17, 15) is 4.79 Å². The van der Waals surface area contributed by atoms with Crippen molar-refractivity contribution >= 4 is 32.6 Å². The van der Waals surface area contributed by atoms with Crippen LogP contribution in [0, 0.1) is 0 Å². The third-order valence-electron chi connectivity index (χ3n) is 5.86. The van der Waals surface area contributed by atoms with Crippen LogP contribution in [0.4, 0.5) is 5.13 Å². The van der Waals surface area contributed by atoms with Crippen LogP contribution in [0.25, 0.3) is 10.2 Å². The molecule has 3 aromatic rings. The normalized spacial score (nSPS) is 15.9. The summed E-state index contributed by atoms with van der Waals surface area (Å²) in [5.41, 5.74) is 2.82. The van der Waals surface area contributed by atoms with Gasteiger partial charge in [0.1, 0.15) is 5.75 Å². The van der Waals surface area contributed by atoms with Gasteiger partial charge in [-0.1, -0.05) is 56.2 Å². The largest absolute Gasteiger partial charge is 0.494 e. The number of anilines is 1. The smallest absolute Gasteiger partial charge is 0.260 e. The van der Waals surface area contributed by atoms with Crippen molar-refractivity contribution in [2.45, 2.75) is 58.5 Å². The number of rotatable bonds is 10. The van der Waals surface area contributed by atoms with Gasteiger partial charge in [-0.15, -0.1) is 0 Å². The van der Waals surface area contributed by atoms with E-state index >= 15 is 0 Å². The van der Waals surface area contributed by atoms with Gasteiger partial charge in [0, 0.05) is 12.2 Å². The molecule has 1 aliphatic rings. The van der Waals surface area contributed by atoms with Crippen LogP contribution in [0.5, 0.6) is 5.75 Å². The SMILES string of the molecule is CCCCCOc1cccc(C(=O)N(CC2CCCO2)c2nc3c(CC)cccc3s2)c1. The molecule has 2 heterocycles. The molecule has 1 unspecified atom stereocenters. The number of carbonyl (C=O) groups is 1. The number of aryl methyl sites for hydroxylation is 1. The molecule has 0 saturated carbocycles. The number of benzene rings is 2. The first kappa shape index (κ1) is 22.7. The van der Waals surface area contributed by atoms with Crippen LogP contribution in [-0.4, -0.2) is 36.8 Å². The fourth-order valence-corrected chi connectivity index (χ4v) is 5.07. The zero-order valence-corrected chi connectivity index (χ0v) is 19.8. The Morgan fingerprint density at radius 2 is 2.09 bits per heavy atom. The number of fused-ring (bicyclic) bond motifs is 1. The molecule has 5 nitrogen and oxygen atoms in total. The Bertz CT molecular complexity index is 1040. The van der Waals surface area contributed by atoms with E-state index in [0.29, 0.717) is 18.7 Å². The molecule has 1 amide bonds. The summed E-state index contributed by atoms with van der Waals surface area (Å²) in [6.45, 7) is 6.25. The van der Waals surface area contributed by atoms with Crippen molar-refractivity contribution in [2.24, 2.45) is 0 Å². The lowest BCUT2D eigenvalue weighted by Gasteiger charge is -2.23. The highest BCUT2D eigenvalue weighted by Crippen LogP contribution is 2.33. The molecule has 1 aromatic heterocycles. The van der Waals surface area contributed by atoms with Crippen molar-refractivity contribution in [1.29, 1.82) is 0 Å². The number of hydrogen-bond acceptors (Lipinski definition) is 5. The summed E-state index contributed by atoms with van der Waals surface area (Å²) in [5, 5.41) is 0.732. The van der Waals surface area contributed by atoms with E-state index in [1.807, 2.05) is 24.3 Å². The average molecular weight is 453 g/mol. The Morgan fingerprint density at radius 1 is 1.22 bits per heavy atom. The second-order valence-corrected chi connectivity index (χ2v) is 9.26. The lowest BCUT2D eigenvalue weighted by atomic mass is 10.1. The van der Waals surface area contributed by atoms with Gasteiger partial charge in [-0.2, -0.15) is 0 Å². The zero-order chi connectivity index (χ0) is 22.3. The highest BCUT2D eigenvalue weighted by atomic mass is 32.1. The van der Waals surface area contributed by atoms with Crippen molar-refractivity contribution in [3.63, 3.8) is 0 Å². The van der Waals surface area contributed by atoms with Gasteiger partial charge in [0.05, 0.1) is 29.5 Å². The monoisotopic (exact) mass is 452 g/mol.